The van der Waals surface area contributed by atoms with Gasteiger partial charge in [-0.05, 0) is 38.0 Å². The summed E-state index contributed by atoms with van der Waals surface area (Å²) in [6, 6.07) is 5.60. The van der Waals surface area contributed by atoms with Crippen LogP contribution in [0, 0.1) is 6.92 Å². The van der Waals surface area contributed by atoms with Gasteiger partial charge in [0.05, 0.1) is 18.4 Å². The molecule has 20 heavy (non-hydrogen) atoms. The lowest BCUT2D eigenvalue weighted by Gasteiger charge is -2.13. The Morgan fingerprint density at radius 1 is 1.40 bits per heavy atom. The smallest absolute Gasteiger partial charge is 0.224 e. The third kappa shape index (κ3) is 6.04. The first-order chi connectivity index (χ1) is 9.52. The quantitative estimate of drug-likeness (QED) is 0.716. The standard InChI is InChI=1S/C15H23NO4/c1-11-4-6-13(14(10-11)20-9-8-19-3)16-15(18)7-5-12(2)17/h4,6,10,12,17H,5,7-9H2,1-3H3,(H,16,18). The first-order valence-electron chi connectivity index (χ1n) is 6.73. The fourth-order valence-corrected chi connectivity index (χ4v) is 1.64. The fraction of sp³-hybridized carbons (Fsp3) is 0.533. The Bertz CT molecular complexity index is 432. The van der Waals surface area contributed by atoms with Gasteiger partial charge in [-0.1, -0.05) is 6.07 Å². The van der Waals surface area contributed by atoms with E-state index >= 15 is 0 Å². The summed E-state index contributed by atoms with van der Waals surface area (Å²) in [6.45, 7) is 4.54. The number of carbonyl (C=O) groups is 1. The Hall–Kier alpha value is -1.59. The summed E-state index contributed by atoms with van der Waals surface area (Å²) in [4.78, 5) is 11.8. The molecular formula is C15H23NO4. The van der Waals surface area contributed by atoms with Gasteiger partial charge in [-0.2, -0.15) is 0 Å². The number of anilines is 1. The number of aliphatic hydroxyl groups excluding tert-OH is 1. The number of aliphatic hydroxyl groups is 1. The first kappa shape index (κ1) is 16.5. The summed E-state index contributed by atoms with van der Waals surface area (Å²) in [6.07, 6.45) is 0.247. The topological polar surface area (TPSA) is 67.8 Å². The molecule has 5 nitrogen and oxygen atoms in total. The minimum atomic E-state index is -0.476. The summed E-state index contributed by atoms with van der Waals surface area (Å²) >= 11 is 0. The molecule has 1 rings (SSSR count). The van der Waals surface area contributed by atoms with Crippen LogP contribution in [0.3, 0.4) is 0 Å². The van der Waals surface area contributed by atoms with E-state index in [0.717, 1.165) is 5.56 Å². The number of benzene rings is 1. The Morgan fingerprint density at radius 3 is 2.80 bits per heavy atom. The van der Waals surface area contributed by atoms with Crippen LogP contribution in [0.1, 0.15) is 25.3 Å². The van der Waals surface area contributed by atoms with E-state index in [1.807, 2.05) is 25.1 Å². The van der Waals surface area contributed by atoms with Crippen molar-refractivity contribution in [2.45, 2.75) is 32.8 Å². The lowest BCUT2D eigenvalue weighted by atomic mass is 10.2. The van der Waals surface area contributed by atoms with Gasteiger partial charge < -0.3 is 19.9 Å². The molecule has 0 radical (unpaired) electrons. The SMILES string of the molecule is COCCOc1cc(C)ccc1NC(=O)CCC(C)O. The van der Waals surface area contributed by atoms with Crippen LogP contribution in [-0.2, 0) is 9.53 Å². The Labute approximate surface area is 119 Å². The molecular weight excluding hydrogens is 258 g/mol. The van der Waals surface area contributed by atoms with Gasteiger partial charge in [0.1, 0.15) is 12.4 Å². The maximum absolute atomic E-state index is 11.8. The lowest BCUT2D eigenvalue weighted by Crippen LogP contribution is -2.15. The van der Waals surface area contributed by atoms with Crippen molar-refractivity contribution in [1.82, 2.24) is 0 Å². The average molecular weight is 281 g/mol. The van der Waals surface area contributed by atoms with Crippen molar-refractivity contribution in [1.29, 1.82) is 0 Å². The normalized spacial score (nSPS) is 12.0. The van der Waals surface area contributed by atoms with E-state index in [4.69, 9.17) is 9.47 Å². The molecule has 0 bridgehead atoms. The molecule has 0 heterocycles. The van der Waals surface area contributed by atoms with Gasteiger partial charge in [-0.3, -0.25) is 4.79 Å². The fourth-order valence-electron chi connectivity index (χ4n) is 1.64. The van der Waals surface area contributed by atoms with E-state index in [1.54, 1.807) is 14.0 Å². The van der Waals surface area contributed by atoms with Crippen LogP contribution in [0.5, 0.6) is 5.75 Å². The highest BCUT2D eigenvalue weighted by atomic mass is 16.5. The number of amides is 1. The third-order valence-corrected chi connectivity index (χ3v) is 2.75. The van der Waals surface area contributed by atoms with Gasteiger partial charge in [0.2, 0.25) is 5.91 Å². The molecule has 1 amide bonds. The van der Waals surface area contributed by atoms with E-state index in [1.165, 1.54) is 0 Å². The molecule has 0 saturated carbocycles. The zero-order valence-corrected chi connectivity index (χ0v) is 12.3. The molecule has 1 unspecified atom stereocenters. The van der Waals surface area contributed by atoms with Crippen molar-refractivity contribution < 1.29 is 19.4 Å². The van der Waals surface area contributed by atoms with E-state index < -0.39 is 6.10 Å². The Morgan fingerprint density at radius 2 is 2.15 bits per heavy atom. The minimum absolute atomic E-state index is 0.133. The van der Waals surface area contributed by atoms with Gasteiger partial charge in [0.25, 0.3) is 0 Å². The first-order valence-corrected chi connectivity index (χ1v) is 6.73. The van der Waals surface area contributed by atoms with Crippen LogP contribution < -0.4 is 10.1 Å². The van der Waals surface area contributed by atoms with E-state index in [2.05, 4.69) is 5.32 Å². The zero-order chi connectivity index (χ0) is 15.0. The second kappa shape index (κ2) is 8.55. The van der Waals surface area contributed by atoms with Crippen LogP contribution in [-0.4, -0.2) is 37.4 Å². The second-order valence-electron chi connectivity index (χ2n) is 4.78. The molecule has 0 aliphatic heterocycles. The summed E-state index contributed by atoms with van der Waals surface area (Å²) in [5, 5.41) is 12.0. The second-order valence-corrected chi connectivity index (χ2v) is 4.78. The lowest BCUT2D eigenvalue weighted by molar-refractivity contribution is -0.116. The van der Waals surface area contributed by atoms with Crippen LogP contribution in [0.15, 0.2) is 18.2 Å². The molecule has 1 atom stereocenters. The maximum atomic E-state index is 11.8. The molecule has 112 valence electrons. The summed E-state index contributed by atoms with van der Waals surface area (Å²) in [5.74, 6) is 0.499. The van der Waals surface area contributed by atoms with Gasteiger partial charge in [0.15, 0.2) is 0 Å². The van der Waals surface area contributed by atoms with E-state index in [0.29, 0.717) is 31.1 Å². The number of carbonyl (C=O) groups excluding carboxylic acids is 1. The van der Waals surface area contributed by atoms with Crippen molar-refractivity contribution in [2.75, 3.05) is 25.6 Å². The molecule has 0 aliphatic rings. The molecule has 0 saturated heterocycles. The van der Waals surface area contributed by atoms with Gasteiger partial charge >= 0.3 is 0 Å². The highest BCUT2D eigenvalue weighted by Gasteiger charge is 2.09. The van der Waals surface area contributed by atoms with Crippen molar-refractivity contribution in [3.05, 3.63) is 23.8 Å². The average Bonchev–Trinajstić information content (AvgIpc) is 2.39. The van der Waals surface area contributed by atoms with Crippen molar-refractivity contribution in [3.8, 4) is 5.75 Å². The van der Waals surface area contributed by atoms with Crippen LogP contribution >= 0.6 is 0 Å². The van der Waals surface area contributed by atoms with Crippen molar-refractivity contribution >= 4 is 11.6 Å². The Balaban J connectivity index is 2.65. The number of ether oxygens (including phenoxy) is 2. The molecule has 0 aliphatic carbocycles. The van der Waals surface area contributed by atoms with E-state index in [9.17, 15) is 9.90 Å². The van der Waals surface area contributed by atoms with E-state index in [-0.39, 0.29) is 12.3 Å². The number of hydrogen-bond donors (Lipinski definition) is 2. The predicted octanol–water partition coefficient (Wildman–Crippen LogP) is 2.12. The molecule has 0 spiro atoms. The van der Waals surface area contributed by atoms with Crippen molar-refractivity contribution in [2.24, 2.45) is 0 Å². The van der Waals surface area contributed by atoms with Crippen LogP contribution in [0.2, 0.25) is 0 Å². The molecule has 0 aromatic heterocycles. The monoisotopic (exact) mass is 281 g/mol. The largest absolute Gasteiger partial charge is 0.489 e. The number of aryl methyl sites for hydroxylation is 1. The summed E-state index contributed by atoms with van der Waals surface area (Å²) in [7, 11) is 1.61. The van der Waals surface area contributed by atoms with Crippen LogP contribution in [0.25, 0.3) is 0 Å². The molecule has 5 heteroatoms. The van der Waals surface area contributed by atoms with Crippen molar-refractivity contribution in [3.63, 3.8) is 0 Å². The Kier molecular flexibility index (Phi) is 7.04. The van der Waals surface area contributed by atoms with Gasteiger partial charge in [0, 0.05) is 13.5 Å². The summed E-state index contributed by atoms with van der Waals surface area (Å²) < 4.78 is 10.5. The molecule has 1 aromatic rings. The number of hydrogen-bond acceptors (Lipinski definition) is 4. The predicted molar refractivity (Wildman–Crippen MR) is 78.1 cm³/mol. The third-order valence-electron chi connectivity index (χ3n) is 2.75. The maximum Gasteiger partial charge on any atom is 0.224 e. The summed E-state index contributed by atoms with van der Waals surface area (Å²) in [5.41, 5.74) is 1.70. The minimum Gasteiger partial charge on any atom is -0.489 e. The number of nitrogens with one attached hydrogen (secondary N) is 1. The zero-order valence-electron chi connectivity index (χ0n) is 12.3. The highest BCUT2D eigenvalue weighted by Crippen LogP contribution is 2.26. The van der Waals surface area contributed by atoms with Crippen LogP contribution in [0.4, 0.5) is 5.69 Å². The molecule has 1 aromatic carbocycles. The van der Waals surface area contributed by atoms with Gasteiger partial charge in [-0.15, -0.1) is 0 Å². The molecule has 2 N–H and O–H groups in total. The number of methoxy groups -OCH3 is 1. The number of rotatable bonds is 8. The van der Waals surface area contributed by atoms with Gasteiger partial charge in [-0.25, -0.2) is 0 Å². The highest BCUT2D eigenvalue weighted by molar-refractivity contribution is 5.92. The molecule has 0 fully saturated rings.